The number of nitrogens with zero attached hydrogens (tertiary/aromatic N) is 1. The molecule has 0 radical (unpaired) electrons. The van der Waals surface area contributed by atoms with Crippen LogP contribution in [0.3, 0.4) is 0 Å². The summed E-state index contributed by atoms with van der Waals surface area (Å²) in [6, 6.07) is 2.63. The second-order valence-corrected chi connectivity index (χ2v) is 4.75. The smallest absolute Gasteiger partial charge is 0.142 e. The second kappa shape index (κ2) is 3.63. The number of ether oxygens (including phenoxy) is 1. The van der Waals surface area contributed by atoms with Crippen molar-refractivity contribution in [1.82, 2.24) is 0 Å². The van der Waals surface area contributed by atoms with Gasteiger partial charge in [-0.2, -0.15) is 0 Å². The first-order valence-corrected chi connectivity index (χ1v) is 5.20. The first-order chi connectivity index (χ1) is 7.43. The molecule has 2 rings (SSSR count). The summed E-state index contributed by atoms with van der Waals surface area (Å²) >= 11 is 5.67. The quantitative estimate of drug-likeness (QED) is 0.562. The van der Waals surface area contributed by atoms with E-state index in [2.05, 4.69) is 5.16 Å². The van der Waals surface area contributed by atoms with Gasteiger partial charge in [0.25, 0.3) is 0 Å². The zero-order valence-electron chi connectivity index (χ0n) is 8.92. The van der Waals surface area contributed by atoms with Crippen molar-refractivity contribution in [3.8, 4) is 5.75 Å². The van der Waals surface area contributed by atoms with Gasteiger partial charge in [-0.25, -0.2) is 4.39 Å². The molecule has 1 heterocycles. The van der Waals surface area contributed by atoms with Crippen LogP contribution in [0.1, 0.15) is 25.8 Å². The lowest BCUT2D eigenvalue weighted by Gasteiger charge is -2.32. The van der Waals surface area contributed by atoms with E-state index in [0.717, 1.165) is 0 Å². The monoisotopic (exact) mass is 243 g/mol. The van der Waals surface area contributed by atoms with Gasteiger partial charge < -0.3 is 9.94 Å². The molecular formula is C11H11ClFNO2. The molecule has 1 aromatic rings. The normalized spacial score (nSPS) is 20.4. The Morgan fingerprint density at radius 2 is 2.19 bits per heavy atom. The molecule has 0 unspecified atom stereocenters. The highest BCUT2D eigenvalue weighted by atomic mass is 35.5. The summed E-state index contributed by atoms with van der Waals surface area (Å²) in [5, 5.41) is 12.1. The Labute approximate surface area is 97.5 Å². The van der Waals surface area contributed by atoms with Crippen LogP contribution < -0.4 is 4.74 Å². The molecule has 0 aromatic heterocycles. The topological polar surface area (TPSA) is 41.8 Å². The third kappa shape index (κ3) is 1.85. The van der Waals surface area contributed by atoms with Gasteiger partial charge in [0.2, 0.25) is 0 Å². The Hall–Kier alpha value is -1.29. The zero-order chi connectivity index (χ0) is 11.9. The van der Waals surface area contributed by atoms with Crippen LogP contribution in [0.25, 0.3) is 0 Å². The molecule has 1 aromatic carbocycles. The fraction of sp³-hybridized carbons (Fsp3) is 0.364. The van der Waals surface area contributed by atoms with Gasteiger partial charge in [0, 0.05) is 18.1 Å². The Kier molecular flexibility index (Phi) is 2.54. The van der Waals surface area contributed by atoms with Gasteiger partial charge in [0.05, 0.1) is 10.7 Å². The number of oxime groups is 1. The molecule has 1 aliphatic rings. The number of hydrogen-bond donors (Lipinski definition) is 1. The lowest BCUT2D eigenvalue weighted by atomic mass is 9.92. The lowest BCUT2D eigenvalue weighted by Crippen LogP contribution is -2.36. The van der Waals surface area contributed by atoms with Crippen LogP contribution in [0.15, 0.2) is 17.3 Å². The van der Waals surface area contributed by atoms with E-state index in [0.29, 0.717) is 23.4 Å². The SMILES string of the molecule is CC1(C)C/C(=N\O)c2cc(F)c(Cl)cc2O1. The van der Waals surface area contributed by atoms with Gasteiger partial charge in [-0.1, -0.05) is 16.8 Å². The Morgan fingerprint density at radius 3 is 2.81 bits per heavy atom. The molecule has 5 heteroatoms. The van der Waals surface area contributed by atoms with Gasteiger partial charge >= 0.3 is 0 Å². The molecule has 0 saturated carbocycles. The van der Waals surface area contributed by atoms with Crippen molar-refractivity contribution in [2.45, 2.75) is 25.9 Å². The second-order valence-electron chi connectivity index (χ2n) is 4.35. The molecule has 0 fully saturated rings. The minimum atomic E-state index is -0.551. The largest absolute Gasteiger partial charge is 0.487 e. The van der Waals surface area contributed by atoms with E-state index in [4.69, 9.17) is 21.5 Å². The number of rotatable bonds is 0. The molecule has 0 spiro atoms. The van der Waals surface area contributed by atoms with Crippen molar-refractivity contribution in [2.24, 2.45) is 5.16 Å². The predicted octanol–water partition coefficient (Wildman–Crippen LogP) is 3.22. The Bertz CT molecular complexity index is 471. The minimum absolute atomic E-state index is 0.00580. The van der Waals surface area contributed by atoms with Crippen molar-refractivity contribution in [1.29, 1.82) is 0 Å². The predicted molar refractivity (Wildman–Crippen MR) is 59.1 cm³/mol. The molecule has 0 aliphatic carbocycles. The summed E-state index contributed by atoms with van der Waals surface area (Å²) in [4.78, 5) is 0. The molecule has 0 bridgehead atoms. The highest BCUT2D eigenvalue weighted by molar-refractivity contribution is 6.31. The summed E-state index contributed by atoms with van der Waals surface area (Å²) in [6.45, 7) is 3.72. The fourth-order valence-electron chi connectivity index (χ4n) is 1.76. The average molecular weight is 244 g/mol. The number of benzene rings is 1. The van der Waals surface area contributed by atoms with Crippen LogP contribution in [0.4, 0.5) is 4.39 Å². The maximum Gasteiger partial charge on any atom is 0.142 e. The minimum Gasteiger partial charge on any atom is -0.487 e. The van der Waals surface area contributed by atoms with E-state index in [1.54, 1.807) is 0 Å². The third-order valence-corrected chi connectivity index (χ3v) is 2.72. The Morgan fingerprint density at radius 1 is 1.50 bits per heavy atom. The van der Waals surface area contributed by atoms with Crippen LogP contribution in [0.5, 0.6) is 5.75 Å². The van der Waals surface area contributed by atoms with E-state index in [1.807, 2.05) is 13.8 Å². The first kappa shape index (κ1) is 11.2. The third-order valence-electron chi connectivity index (χ3n) is 2.43. The van der Waals surface area contributed by atoms with Gasteiger partial charge in [-0.15, -0.1) is 0 Å². The zero-order valence-corrected chi connectivity index (χ0v) is 9.68. The maximum atomic E-state index is 13.3. The number of hydrogen-bond acceptors (Lipinski definition) is 3. The summed E-state index contributed by atoms with van der Waals surface area (Å²) < 4.78 is 18.9. The highest BCUT2D eigenvalue weighted by Crippen LogP contribution is 2.36. The van der Waals surface area contributed by atoms with Crippen LogP contribution in [0.2, 0.25) is 5.02 Å². The molecule has 0 amide bonds. The summed E-state index contributed by atoms with van der Waals surface area (Å²) in [7, 11) is 0. The van der Waals surface area contributed by atoms with Crippen LogP contribution in [-0.4, -0.2) is 16.5 Å². The molecule has 1 N–H and O–H groups in total. The van der Waals surface area contributed by atoms with E-state index >= 15 is 0 Å². The molecule has 0 saturated heterocycles. The molecule has 3 nitrogen and oxygen atoms in total. The van der Waals surface area contributed by atoms with Crippen molar-refractivity contribution >= 4 is 17.3 Å². The molecule has 16 heavy (non-hydrogen) atoms. The molecular weight excluding hydrogens is 233 g/mol. The standard InChI is InChI=1S/C11H11ClFNO2/c1-11(2)5-9(14-15)6-3-8(13)7(12)4-10(6)16-11/h3-4,15H,5H2,1-2H3/b14-9+. The van der Waals surface area contributed by atoms with Crippen molar-refractivity contribution in [3.63, 3.8) is 0 Å². The Balaban J connectivity index is 2.60. The first-order valence-electron chi connectivity index (χ1n) is 4.82. The van der Waals surface area contributed by atoms with Gasteiger partial charge in [0.1, 0.15) is 17.2 Å². The average Bonchev–Trinajstić information content (AvgIpc) is 2.18. The van der Waals surface area contributed by atoms with E-state index in [9.17, 15) is 4.39 Å². The molecule has 1 aliphatic heterocycles. The van der Waals surface area contributed by atoms with E-state index in [-0.39, 0.29) is 5.02 Å². The van der Waals surface area contributed by atoms with Crippen LogP contribution in [-0.2, 0) is 0 Å². The van der Waals surface area contributed by atoms with Crippen molar-refractivity contribution in [2.75, 3.05) is 0 Å². The van der Waals surface area contributed by atoms with Gasteiger partial charge in [0.15, 0.2) is 0 Å². The molecule has 0 atom stereocenters. The summed E-state index contributed by atoms with van der Waals surface area (Å²) in [6.07, 6.45) is 0.414. The number of fused-ring (bicyclic) bond motifs is 1. The van der Waals surface area contributed by atoms with Gasteiger partial charge in [-0.3, -0.25) is 0 Å². The summed E-state index contributed by atoms with van der Waals surface area (Å²) in [5.74, 6) is -0.111. The number of halogens is 2. The van der Waals surface area contributed by atoms with Crippen LogP contribution in [0, 0.1) is 5.82 Å². The molecule has 86 valence electrons. The fourth-order valence-corrected chi connectivity index (χ4v) is 1.91. The lowest BCUT2D eigenvalue weighted by molar-refractivity contribution is 0.109. The maximum absolute atomic E-state index is 13.3. The van der Waals surface area contributed by atoms with Crippen LogP contribution >= 0.6 is 11.6 Å². The van der Waals surface area contributed by atoms with Gasteiger partial charge in [-0.05, 0) is 19.9 Å². The highest BCUT2D eigenvalue weighted by Gasteiger charge is 2.32. The van der Waals surface area contributed by atoms with E-state index < -0.39 is 11.4 Å². The van der Waals surface area contributed by atoms with Crippen molar-refractivity contribution < 1.29 is 14.3 Å². The van der Waals surface area contributed by atoms with E-state index in [1.165, 1.54) is 12.1 Å². The van der Waals surface area contributed by atoms with Crippen molar-refractivity contribution in [3.05, 3.63) is 28.5 Å². The summed E-state index contributed by atoms with van der Waals surface area (Å²) in [5.41, 5.74) is 0.362.